The summed E-state index contributed by atoms with van der Waals surface area (Å²) in [6.45, 7) is 12.6. The average molecular weight is 496 g/mol. The maximum absolute atomic E-state index is 13.8. The molecule has 3 atom stereocenters. The summed E-state index contributed by atoms with van der Waals surface area (Å²) in [6, 6.07) is 8.38. The number of likely N-dealkylation sites (tertiary alicyclic amines) is 1. The number of nitrogens with one attached hydrogen (secondary N) is 3. The molecule has 2 unspecified atom stereocenters. The van der Waals surface area contributed by atoms with Crippen molar-refractivity contribution in [2.24, 2.45) is 5.92 Å². The van der Waals surface area contributed by atoms with Gasteiger partial charge in [-0.05, 0) is 49.8 Å². The van der Waals surface area contributed by atoms with Gasteiger partial charge >= 0.3 is 6.03 Å². The molecule has 36 heavy (non-hydrogen) atoms. The molecule has 0 bridgehead atoms. The van der Waals surface area contributed by atoms with E-state index in [1.54, 1.807) is 0 Å². The molecule has 0 spiro atoms. The van der Waals surface area contributed by atoms with E-state index < -0.39 is 0 Å². The second kappa shape index (κ2) is 13.3. The summed E-state index contributed by atoms with van der Waals surface area (Å²) >= 11 is 0. The maximum Gasteiger partial charge on any atom is 0.324 e. The molecule has 3 rings (SSSR count). The molecule has 2 aliphatic rings. The highest BCUT2D eigenvalue weighted by Crippen LogP contribution is 2.46. The summed E-state index contributed by atoms with van der Waals surface area (Å²) in [5.74, 6) is -0.384. The summed E-state index contributed by atoms with van der Waals surface area (Å²) in [6.07, 6.45) is 6.14. The second-order valence-electron chi connectivity index (χ2n) is 9.53. The molecule has 1 aliphatic carbocycles. The van der Waals surface area contributed by atoms with Crippen LogP contribution in [0.2, 0.25) is 0 Å². The fraction of sp³-hybridized carbons (Fsp3) is 0.536. The van der Waals surface area contributed by atoms with Crippen LogP contribution in [0.25, 0.3) is 5.57 Å². The standard InChI is InChI=1S/C28H41N5O3/c1-5-14-32-19-22(27(35)33(28(36)30-7-3)15-10-13-31-20(4)34)16-25-24-12-9-8-11-23(24)21(17-26(25)32)18-29-6-2/h5,8-9,11-12,18,22,25-26,29H,1,6-7,10,13-17,19H2,2-4H3,(H,30,36)(H,31,34)/b21-18-/t22-,25?,26?/m1/s1. The molecular weight excluding hydrogens is 454 g/mol. The van der Waals surface area contributed by atoms with Crippen LogP contribution in [-0.4, -0.2) is 73.0 Å². The lowest BCUT2D eigenvalue weighted by atomic mass is 9.70. The van der Waals surface area contributed by atoms with E-state index in [0.29, 0.717) is 39.0 Å². The molecule has 3 N–H and O–H groups in total. The Labute approximate surface area is 215 Å². The quantitative estimate of drug-likeness (QED) is 0.343. The molecule has 0 saturated carbocycles. The Kier molecular flexibility index (Phi) is 10.1. The molecule has 1 heterocycles. The normalized spacial score (nSPS) is 22.2. The van der Waals surface area contributed by atoms with Crippen LogP contribution in [0.3, 0.4) is 0 Å². The molecule has 1 aliphatic heterocycles. The Morgan fingerprint density at radius 1 is 1.17 bits per heavy atom. The van der Waals surface area contributed by atoms with Gasteiger partial charge in [-0.25, -0.2) is 4.79 Å². The molecule has 1 aromatic carbocycles. The van der Waals surface area contributed by atoms with Gasteiger partial charge < -0.3 is 16.0 Å². The van der Waals surface area contributed by atoms with E-state index in [-0.39, 0.29) is 42.3 Å². The predicted octanol–water partition coefficient (Wildman–Crippen LogP) is 3.09. The van der Waals surface area contributed by atoms with E-state index in [1.807, 2.05) is 13.0 Å². The molecule has 8 heteroatoms. The Morgan fingerprint density at radius 3 is 2.64 bits per heavy atom. The van der Waals surface area contributed by atoms with Crippen LogP contribution in [0, 0.1) is 5.92 Å². The highest BCUT2D eigenvalue weighted by Gasteiger charge is 2.44. The fourth-order valence-electron chi connectivity index (χ4n) is 5.46. The first-order chi connectivity index (χ1) is 17.4. The third-order valence-corrected chi connectivity index (χ3v) is 7.03. The highest BCUT2D eigenvalue weighted by molar-refractivity contribution is 5.96. The van der Waals surface area contributed by atoms with Crippen LogP contribution in [-0.2, 0) is 9.59 Å². The molecule has 0 aromatic heterocycles. The van der Waals surface area contributed by atoms with Crippen LogP contribution in [0.1, 0.15) is 57.1 Å². The number of hydrogen-bond donors (Lipinski definition) is 3. The molecule has 0 radical (unpaired) electrons. The van der Waals surface area contributed by atoms with Crippen molar-refractivity contribution in [1.82, 2.24) is 25.8 Å². The first-order valence-corrected chi connectivity index (χ1v) is 13.1. The molecule has 8 nitrogen and oxygen atoms in total. The maximum atomic E-state index is 13.8. The number of amides is 4. The van der Waals surface area contributed by atoms with E-state index in [2.05, 4.69) is 64.8 Å². The zero-order valence-corrected chi connectivity index (χ0v) is 21.9. The molecular formula is C28H41N5O3. The van der Waals surface area contributed by atoms with Gasteiger partial charge in [0, 0.05) is 64.4 Å². The third-order valence-electron chi connectivity index (χ3n) is 7.03. The minimum Gasteiger partial charge on any atom is -0.391 e. The summed E-state index contributed by atoms with van der Waals surface area (Å²) in [5.41, 5.74) is 3.79. The first-order valence-electron chi connectivity index (χ1n) is 13.1. The van der Waals surface area contributed by atoms with Crippen molar-refractivity contribution >= 4 is 23.4 Å². The third kappa shape index (κ3) is 6.55. The van der Waals surface area contributed by atoms with Crippen LogP contribution >= 0.6 is 0 Å². The van der Waals surface area contributed by atoms with Gasteiger partial charge in [-0.2, -0.15) is 0 Å². The topological polar surface area (TPSA) is 93.8 Å². The van der Waals surface area contributed by atoms with Crippen molar-refractivity contribution < 1.29 is 14.4 Å². The second-order valence-corrected chi connectivity index (χ2v) is 9.53. The predicted molar refractivity (Wildman–Crippen MR) is 143 cm³/mol. The minimum absolute atomic E-state index is 0.122. The molecule has 1 saturated heterocycles. The van der Waals surface area contributed by atoms with Crippen molar-refractivity contribution in [3.05, 3.63) is 54.2 Å². The average Bonchev–Trinajstić information content (AvgIpc) is 2.87. The van der Waals surface area contributed by atoms with E-state index in [1.165, 1.54) is 28.5 Å². The zero-order chi connectivity index (χ0) is 26.1. The molecule has 1 aromatic rings. The number of carbonyl (C=O) groups is 3. The summed E-state index contributed by atoms with van der Waals surface area (Å²) in [5, 5.41) is 8.89. The van der Waals surface area contributed by atoms with Gasteiger partial charge in [-0.3, -0.25) is 19.4 Å². The van der Waals surface area contributed by atoms with Crippen LogP contribution in [0.15, 0.2) is 43.1 Å². The number of urea groups is 1. The van der Waals surface area contributed by atoms with E-state index >= 15 is 0 Å². The number of hydrogen-bond acceptors (Lipinski definition) is 5. The van der Waals surface area contributed by atoms with Crippen molar-refractivity contribution in [3.8, 4) is 0 Å². The molecule has 4 amide bonds. The summed E-state index contributed by atoms with van der Waals surface area (Å²) < 4.78 is 0. The van der Waals surface area contributed by atoms with Crippen LogP contribution in [0.4, 0.5) is 4.79 Å². The lowest BCUT2D eigenvalue weighted by Crippen LogP contribution is -2.55. The Bertz CT molecular complexity index is 976. The van der Waals surface area contributed by atoms with Crippen molar-refractivity contribution in [1.29, 1.82) is 0 Å². The zero-order valence-electron chi connectivity index (χ0n) is 21.9. The largest absolute Gasteiger partial charge is 0.391 e. The van der Waals surface area contributed by atoms with Crippen molar-refractivity contribution in [3.63, 3.8) is 0 Å². The number of rotatable bonds is 10. The van der Waals surface area contributed by atoms with Crippen LogP contribution in [0.5, 0.6) is 0 Å². The van der Waals surface area contributed by atoms with Gasteiger partial charge in [-0.1, -0.05) is 30.3 Å². The van der Waals surface area contributed by atoms with Gasteiger partial charge in [0.1, 0.15) is 0 Å². The van der Waals surface area contributed by atoms with Crippen molar-refractivity contribution in [2.45, 2.75) is 52.0 Å². The summed E-state index contributed by atoms with van der Waals surface area (Å²) in [7, 11) is 0. The SMILES string of the molecule is C=CCN1C[C@H](C(=O)N(CCCNC(C)=O)C(=O)NCC)CC2c3ccccc3/C(=C\NCC)CC21. The Morgan fingerprint density at radius 2 is 1.94 bits per heavy atom. The lowest BCUT2D eigenvalue weighted by Gasteiger charge is -2.48. The van der Waals surface area contributed by atoms with Gasteiger partial charge in [0.05, 0.1) is 5.92 Å². The van der Waals surface area contributed by atoms with E-state index in [9.17, 15) is 14.4 Å². The number of nitrogens with zero attached hydrogens (tertiary/aromatic N) is 2. The Hall–Kier alpha value is -3.13. The van der Waals surface area contributed by atoms with Gasteiger partial charge in [0.2, 0.25) is 11.8 Å². The van der Waals surface area contributed by atoms with Gasteiger partial charge in [0.25, 0.3) is 0 Å². The number of fused-ring (bicyclic) bond motifs is 3. The first kappa shape index (κ1) is 27.5. The Balaban J connectivity index is 1.87. The number of carbonyl (C=O) groups excluding carboxylic acids is 3. The minimum atomic E-state index is -0.373. The van der Waals surface area contributed by atoms with Gasteiger partial charge in [0.15, 0.2) is 0 Å². The number of benzene rings is 1. The summed E-state index contributed by atoms with van der Waals surface area (Å²) in [4.78, 5) is 41.6. The van der Waals surface area contributed by atoms with E-state index in [4.69, 9.17) is 0 Å². The fourth-order valence-corrected chi connectivity index (χ4v) is 5.46. The number of piperidine rings is 1. The van der Waals surface area contributed by atoms with Crippen molar-refractivity contribution in [2.75, 3.05) is 39.3 Å². The van der Waals surface area contributed by atoms with E-state index in [0.717, 1.165) is 13.0 Å². The van der Waals surface area contributed by atoms with Crippen LogP contribution < -0.4 is 16.0 Å². The smallest absolute Gasteiger partial charge is 0.324 e. The molecule has 1 fully saturated rings. The molecule has 196 valence electrons. The monoisotopic (exact) mass is 495 g/mol. The highest BCUT2D eigenvalue weighted by atomic mass is 16.2. The lowest BCUT2D eigenvalue weighted by molar-refractivity contribution is -0.135. The number of imide groups is 1. The van der Waals surface area contributed by atoms with Gasteiger partial charge in [-0.15, -0.1) is 6.58 Å².